The molecule has 1 aliphatic rings. The first-order valence-corrected chi connectivity index (χ1v) is 6.18. The van der Waals surface area contributed by atoms with Crippen LogP contribution in [-0.4, -0.2) is 12.5 Å². The van der Waals surface area contributed by atoms with Crippen molar-refractivity contribution in [1.82, 2.24) is 5.32 Å². The number of carbonyl (C=O) groups is 1. The van der Waals surface area contributed by atoms with Gasteiger partial charge < -0.3 is 5.32 Å². The Balaban J connectivity index is 2.04. The summed E-state index contributed by atoms with van der Waals surface area (Å²) in [6.07, 6.45) is 4.55. The fraction of sp³-hybridized carbons (Fsp3) is 0.500. The van der Waals surface area contributed by atoms with Gasteiger partial charge in [0.15, 0.2) is 0 Å². The van der Waals surface area contributed by atoms with Crippen molar-refractivity contribution < 1.29 is 4.79 Å². The summed E-state index contributed by atoms with van der Waals surface area (Å²) in [5.74, 6) is 0.265. The Morgan fingerprint density at radius 3 is 2.62 bits per heavy atom. The zero-order chi connectivity index (χ0) is 11.4. The summed E-state index contributed by atoms with van der Waals surface area (Å²) in [6, 6.07) is 8.55. The number of carbonyl (C=O) groups excluding carboxylic acids is 1. The zero-order valence-corrected chi connectivity index (χ0v) is 9.83. The molecule has 1 heterocycles. The number of aryl methyl sites for hydroxylation is 1. The second-order valence-electron chi connectivity index (χ2n) is 4.48. The van der Waals surface area contributed by atoms with Crippen LogP contribution in [0.15, 0.2) is 24.3 Å². The van der Waals surface area contributed by atoms with Crippen LogP contribution in [0.1, 0.15) is 43.2 Å². The topological polar surface area (TPSA) is 29.1 Å². The van der Waals surface area contributed by atoms with Gasteiger partial charge in [-0.05, 0) is 30.4 Å². The minimum atomic E-state index is 0.0835. The highest BCUT2D eigenvalue weighted by atomic mass is 16.2. The largest absolute Gasteiger partial charge is 0.356 e. The van der Waals surface area contributed by atoms with Gasteiger partial charge in [0.1, 0.15) is 0 Å². The summed E-state index contributed by atoms with van der Waals surface area (Å²) in [5, 5.41) is 2.88. The zero-order valence-electron chi connectivity index (χ0n) is 9.83. The third-order valence-corrected chi connectivity index (χ3v) is 3.25. The molecule has 2 nitrogen and oxygen atoms in total. The van der Waals surface area contributed by atoms with Gasteiger partial charge in [0, 0.05) is 6.54 Å². The lowest BCUT2D eigenvalue weighted by Gasteiger charge is -2.08. The van der Waals surface area contributed by atoms with Crippen molar-refractivity contribution in [2.45, 2.75) is 38.5 Å². The molecular weight excluding hydrogens is 198 g/mol. The van der Waals surface area contributed by atoms with E-state index in [1.807, 2.05) is 0 Å². The Bertz CT molecular complexity index is 356. The maximum absolute atomic E-state index is 11.5. The number of rotatable bonds is 4. The van der Waals surface area contributed by atoms with Crippen LogP contribution in [0.25, 0.3) is 0 Å². The molecule has 0 aliphatic carbocycles. The average molecular weight is 217 g/mol. The van der Waals surface area contributed by atoms with E-state index in [0.29, 0.717) is 0 Å². The number of nitrogens with one attached hydrogen (secondary N) is 1. The Morgan fingerprint density at radius 2 is 2.06 bits per heavy atom. The Hall–Kier alpha value is -1.31. The van der Waals surface area contributed by atoms with Gasteiger partial charge >= 0.3 is 0 Å². The molecule has 0 spiro atoms. The Kier molecular flexibility index (Phi) is 3.60. The van der Waals surface area contributed by atoms with Crippen LogP contribution in [0.3, 0.4) is 0 Å². The molecule has 1 N–H and O–H groups in total. The van der Waals surface area contributed by atoms with Crippen LogP contribution in [0.2, 0.25) is 0 Å². The van der Waals surface area contributed by atoms with Crippen LogP contribution >= 0.6 is 0 Å². The maximum atomic E-state index is 11.5. The number of hydrogen-bond acceptors (Lipinski definition) is 1. The standard InChI is InChI=1S/C14H19NO/c1-2-3-4-11-5-7-12(8-6-11)13-9-10-15-14(13)16/h5-8,13H,2-4,9-10H2,1H3,(H,15,16). The van der Waals surface area contributed by atoms with E-state index in [1.54, 1.807) is 0 Å². The molecule has 1 saturated heterocycles. The highest BCUT2D eigenvalue weighted by Crippen LogP contribution is 2.23. The lowest BCUT2D eigenvalue weighted by atomic mass is 9.96. The third kappa shape index (κ3) is 2.43. The maximum Gasteiger partial charge on any atom is 0.227 e. The molecule has 0 radical (unpaired) electrons. The highest BCUT2D eigenvalue weighted by molar-refractivity contribution is 5.85. The van der Waals surface area contributed by atoms with Crippen LogP contribution in [0.4, 0.5) is 0 Å². The van der Waals surface area contributed by atoms with Crippen molar-refractivity contribution >= 4 is 5.91 Å². The highest BCUT2D eigenvalue weighted by Gasteiger charge is 2.25. The Morgan fingerprint density at radius 1 is 1.31 bits per heavy atom. The molecule has 1 unspecified atom stereocenters. The number of benzene rings is 1. The summed E-state index contributed by atoms with van der Waals surface area (Å²) in [7, 11) is 0. The van der Waals surface area contributed by atoms with E-state index in [1.165, 1.54) is 18.4 Å². The molecule has 0 bridgehead atoms. The van der Waals surface area contributed by atoms with E-state index >= 15 is 0 Å². The lowest BCUT2D eigenvalue weighted by molar-refractivity contribution is -0.120. The molecule has 0 saturated carbocycles. The van der Waals surface area contributed by atoms with Gasteiger partial charge in [-0.15, -0.1) is 0 Å². The molecule has 2 rings (SSSR count). The molecule has 1 aromatic rings. The van der Waals surface area contributed by atoms with Crippen molar-refractivity contribution in [1.29, 1.82) is 0 Å². The summed E-state index contributed by atoms with van der Waals surface area (Å²) in [4.78, 5) is 11.5. The first-order valence-electron chi connectivity index (χ1n) is 6.18. The van der Waals surface area contributed by atoms with E-state index in [0.717, 1.165) is 24.9 Å². The van der Waals surface area contributed by atoms with E-state index in [2.05, 4.69) is 36.5 Å². The smallest absolute Gasteiger partial charge is 0.227 e. The Labute approximate surface area is 97.1 Å². The van der Waals surface area contributed by atoms with Gasteiger partial charge in [-0.25, -0.2) is 0 Å². The monoisotopic (exact) mass is 217 g/mol. The van der Waals surface area contributed by atoms with Gasteiger partial charge in [0.25, 0.3) is 0 Å². The number of amides is 1. The van der Waals surface area contributed by atoms with Gasteiger partial charge in [-0.2, -0.15) is 0 Å². The van der Waals surface area contributed by atoms with E-state index in [-0.39, 0.29) is 11.8 Å². The van der Waals surface area contributed by atoms with Gasteiger partial charge in [-0.1, -0.05) is 37.6 Å². The lowest BCUT2D eigenvalue weighted by Crippen LogP contribution is -2.17. The van der Waals surface area contributed by atoms with Crippen molar-refractivity contribution in [2.24, 2.45) is 0 Å². The minimum Gasteiger partial charge on any atom is -0.356 e. The molecule has 1 atom stereocenters. The van der Waals surface area contributed by atoms with Crippen LogP contribution in [0, 0.1) is 0 Å². The van der Waals surface area contributed by atoms with Crippen LogP contribution in [0.5, 0.6) is 0 Å². The SMILES string of the molecule is CCCCc1ccc(C2CCNC2=O)cc1. The number of hydrogen-bond donors (Lipinski definition) is 1. The van der Waals surface area contributed by atoms with Gasteiger partial charge in [0.05, 0.1) is 5.92 Å². The normalized spacial score (nSPS) is 19.8. The summed E-state index contributed by atoms with van der Waals surface area (Å²) < 4.78 is 0. The molecule has 1 aliphatic heterocycles. The van der Waals surface area contributed by atoms with E-state index < -0.39 is 0 Å². The molecule has 16 heavy (non-hydrogen) atoms. The first-order chi connectivity index (χ1) is 7.81. The third-order valence-electron chi connectivity index (χ3n) is 3.25. The summed E-state index contributed by atoms with van der Waals surface area (Å²) >= 11 is 0. The summed E-state index contributed by atoms with van der Waals surface area (Å²) in [6.45, 7) is 3.03. The van der Waals surface area contributed by atoms with Crippen LogP contribution < -0.4 is 5.32 Å². The number of unbranched alkanes of at least 4 members (excludes halogenated alkanes) is 1. The second kappa shape index (κ2) is 5.15. The van der Waals surface area contributed by atoms with Crippen molar-refractivity contribution in [3.05, 3.63) is 35.4 Å². The van der Waals surface area contributed by atoms with Crippen molar-refractivity contribution in [3.8, 4) is 0 Å². The minimum absolute atomic E-state index is 0.0835. The molecule has 86 valence electrons. The quantitative estimate of drug-likeness (QED) is 0.825. The predicted octanol–water partition coefficient (Wildman–Crippen LogP) is 2.63. The van der Waals surface area contributed by atoms with Gasteiger partial charge in [0.2, 0.25) is 5.91 Å². The second-order valence-corrected chi connectivity index (χ2v) is 4.48. The van der Waals surface area contributed by atoms with E-state index in [4.69, 9.17) is 0 Å². The molecule has 1 fully saturated rings. The molecule has 2 heteroatoms. The summed E-state index contributed by atoms with van der Waals surface area (Å²) in [5.41, 5.74) is 2.54. The predicted molar refractivity (Wildman–Crippen MR) is 65.4 cm³/mol. The first kappa shape index (κ1) is 11.2. The van der Waals surface area contributed by atoms with Gasteiger partial charge in [-0.3, -0.25) is 4.79 Å². The fourth-order valence-corrected chi connectivity index (χ4v) is 2.21. The van der Waals surface area contributed by atoms with Crippen LogP contribution in [-0.2, 0) is 11.2 Å². The average Bonchev–Trinajstić information content (AvgIpc) is 2.74. The molecule has 0 aromatic heterocycles. The van der Waals surface area contributed by atoms with E-state index in [9.17, 15) is 4.79 Å². The molecular formula is C14H19NO. The molecule has 1 aromatic carbocycles. The van der Waals surface area contributed by atoms with Crippen molar-refractivity contribution in [3.63, 3.8) is 0 Å². The van der Waals surface area contributed by atoms with Crippen molar-refractivity contribution in [2.75, 3.05) is 6.54 Å². The fourth-order valence-electron chi connectivity index (χ4n) is 2.21. The molecule has 1 amide bonds.